The summed E-state index contributed by atoms with van der Waals surface area (Å²) >= 11 is 0. The fraction of sp³-hybridized carbons (Fsp3) is 0.750. The van der Waals surface area contributed by atoms with Crippen LogP contribution in [-0.2, 0) is 6.42 Å². The Kier molecular flexibility index (Phi) is 7.87. The van der Waals surface area contributed by atoms with Gasteiger partial charge in [-0.15, -0.1) is 0 Å². The van der Waals surface area contributed by atoms with Gasteiger partial charge in [0.2, 0.25) is 0 Å². The zero-order valence-corrected chi connectivity index (χ0v) is 13.8. The van der Waals surface area contributed by atoms with Crippen LogP contribution in [0.2, 0.25) is 0 Å². The van der Waals surface area contributed by atoms with Crippen molar-refractivity contribution in [2.75, 3.05) is 18.4 Å². The number of hydrogen-bond donors (Lipinski definition) is 1. The number of nitrogens with zero attached hydrogens (tertiary/aromatic N) is 2. The molecule has 2 amide bonds. The summed E-state index contributed by atoms with van der Waals surface area (Å²) in [5.41, 5.74) is 0. The molecule has 1 N–H and O–H groups in total. The van der Waals surface area contributed by atoms with Crippen LogP contribution in [0.4, 0.5) is 10.6 Å². The Morgan fingerprint density at radius 2 is 1.90 bits per heavy atom. The van der Waals surface area contributed by atoms with E-state index in [2.05, 4.69) is 38.2 Å². The van der Waals surface area contributed by atoms with Crippen molar-refractivity contribution >= 4 is 11.8 Å². The third-order valence-electron chi connectivity index (χ3n) is 3.25. The van der Waals surface area contributed by atoms with E-state index in [1.54, 1.807) is 0 Å². The molecule has 0 aromatic carbocycles. The molecule has 0 saturated heterocycles. The van der Waals surface area contributed by atoms with Crippen LogP contribution in [0, 0.1) is 5.92 Å². The molecule has 21 heavy (non-hydrogen) atoms. The molecule has 0 fully saturated rings. The van der Waals surface area contributed by atoms with E-state index in [-0.39, 0.29) is 6.03 Å². The lowest BCUT2D eigenvalue weighted by Gasteiger charge is -2.22. The Bertz CT molecular complexity index is 407. The van der Waals surface area contributed by atoms with Crippen molar-refractivity contribution in [1.82, 2.24) is 10.1 Å². The van der Waals surface area contributed by atoms with Gasteiger partial charge in [0.1, 0.15) is 5.76 Å². The van der Waals surface area contributed by atoms with Crippen LogP contribution < -0.4 is 5.32 Å². The third kappa shape index (κ3) is 6.65. The number of aromatic nitrogens is 1. The van der Waals surface area contributed by atoms with E-state index in [9.17, 15) is 4.79 Å². The molecule has 0 aliphatic rings. The molecule has 0 aliphatic carbocycles. The standard InChI is InChI=1S/C16H29N3O2/c1-5-7-9-19(10-8-6-2)16(20)17-15-12-14(21-18-15)11-13(3)4/h12-13H,5-11H2,1-4H3,(H,17,18,20). The highest BCUT2D eigenvalue weighted by molar-refractivity contribution is 5.88. The van der Waals surface area contributed by atoms with Crippen molar-refractivity contribution < 1.29 is 9.32 Å². The lowest BCUT2D eigenvalue weighted by atomic mass is 10.1. The number of unbranched alkanes of at least 4 members (excludes halogenated alkanes) is 2. The van der Waals surface area contributed by atoms with E-state index >= 15 is 0 Å². The Morgan fingerprint density at radius 3 is 2.43 bits per heavy atom. The van der Waals surface area contributed by atoms with E-state index in [0.29, 0.717) is 11.7 Å². The van der Waals surface area contributed by atoms with Crippen LogP contribution in [-0.4, -0.2) is 29.2 Å². The van der Waals surface area contributed by atoms with Gasteiger partial charge in [0, 0.05) is 25.6 Å². The highest BCUT2D eigenvalue weighted by Crippen LogP contribution is 2.14. The lowest BCUT2D eigenvalue weighted by molar-refractivity contribution is 0.209. The predicted octanol–water partition coefficient (Wildman–Crippen LogP) is 4.31. The number of carbonyl (C=O) groups is 1. The van der Waals surface area contributed by atoms with Crippen molar-refractivity contribution in [2.24, 2.45) is 5.92 Å². The van der Waals surface area contributed by atoms with Gasteiger partial charge in [0.15, 0.2) is 5.82 Å². The molecule has 1 aromatic rings. The number of carbonyl (C=O) groups excluding carboxylic acids is 1. The minimum atomic E-state index is -0.0821. The van der Waals surface area contributed by atoms with Crippen LogP contribution in [0.5, 0.6) is 0 Å². The number of nitrogens with one attached hydrogen (secondary N) is 1. The topological polar surface area (TPSA) is 58.4 Å². The first kappa shape index (κ1) is 17.5. The monoisotopic (exact) mass is 295 g/mol. The summed E-state index contributed by atoms with van der Waals surface area (Å²) in [4.78, 5) is 14.2. The fourth-order valence-corrected chi connectivity index (χ4v) is 2.07. The summed E-state index contributed by atoms with van der Waals surface area (Å²) in [6, 6.07) is 1.73. The van der Waals surface area contributed by atoms with Gasteiger partial charge >= 0.3 is 6.03 Å². The van der Waals surface area contributed by atoms with E-state index in [4.69, 9.17) is 4.52 Å². The fourth-order valence-electron chi connectivity index (χ4n) is 2.07. The Hall–Kier alpha value is -1.52. The van der Waals surface area contributed by atoms with Crippen molar-refractivity contribution in [3.05, 3.63) is 11.8 Å². The number of amides is 2. The van der Waals surface area contributed by atoms with Gasteiger partial charge in [-0.25, -0.2) is 4.79 Å². The van der Waals surface area contributed by atoms with Crippen molar-refractivity contribution in [3.8, 4) is 0 Å². The maximum Gasteiger partial charge on any atom is 0.323 e. The van der Waals surface area contributed by atoms with Gasteiger partial charge < -0.3 is 9.42 Å². The Labute approximate surface area is 128 Å². The van der Waals surface area contributed by atoms with E-state index < -0.39 is 0 Å². The van der Waals surface area contributed by atoms with Gasteiger partial charge in [0.25, 0.3) is 0 Å². The van der Waals surface area contributed by atoms with Crippen LogP contribution in [0.25, 0.3) is 0 Å². The van der Waals surface area contributed by atoms with Crippen LogP contribution >= 0.6 is 0 Å². The number of hydrogen-bond acceptors (Lipinski definition) is 3. The van der Waals surface area contributed by atoms with Crippen molar-refractivity contribution in [3.63, 3.8) is 0 Å². The number of urea groups is 1. The molecule has 1 rings (SSSR count). The summed E-state index contributed by atoms with van der Waals surface area (Å²) in [6.45, 7) is 10.1. The van der Waals surface area contributed by atoms with E-state index in [1.807, 2.05) is 11.0 Å². The highest BCUT2D eigenvalue weighted by atomic mass is 16.5. The Morgan fingerprint density at radius 1 is 1.29 bits per heavy atom. The summed E-state index contributed by atoms with van der Waals surface area (Å²) in [7, 11) is 0. The molecule has 0 radical (unpaired) electrons. The molecule has 1 heterocycles. The second kappa shape index (κ2) is 9.42. The number of rotatable bonds is 9. The smallest absolute Gasteiger partial charge is 0.323 e. The lowest BCUT2D eigenvalue weighted by Crippen LogP contribution is -2.36. The molecule has 0 saturated carbocycles. The van der Waals surface area contributed by atoms with Crippen molar-refractivity contribution in [2.45, 2.75) is 59.8 Å². The van der Waals surface area contributed by atoms with Gasteiger partial charge in [-0.2, -0.15) is 0 Å². The molecule has 0 unspecified atom stereocenters. The van der Waals surface area contributed by atoms with Gasteiger partial charge in [-0.3, -0.25) is 5.32 Å². The summed E-state index contributed by atoms with van der Waals surface area (Å²) in [5, 5.41) is 6.75. The quantitative estimate of drug-likeness (QED) is 0.738. The largest absolute Gasteiger partial charge is 0.359 e. The molecule has 120 valence electrons. The molecule has 0 spiro atoms. The first-order valence-electron chi connectivity index (χ1n) is 8.08. The molecule has 0 atom stereocenters. The Balaban J connectivity index is 2.56. The first-order chi connectivity index (χ1) is 10.1. The van der Waals surface area contributed by atoms with Crippen LogP contribution in [0.1, 0.15) is 59.1 Å². The number of anilines is 1. The third-order valence-corrected chi connectivity index (χ3v) is 3.25. The van der Waals surface area contributed by atoms with Crippen LogP contribution in [0.3, 0.4) is 0 Å². The molecular weight excluding hydrogens is 266 g/mol. The molecule has 5 nitrogen and oxygen atoms in total. The zero-order valence-electron chi connectivity index (χ0n) is 13.8. The predicted molar refractivity (Wildman–Crippen MR) is 85.5 cm³/mol. The molecule has 1 aromatic heterocycles. The van der Waals surface area contributed by atoms with Crippen LogP contribution in [0.15, 0.2) is 10.6 Å². The highest BCUT2D eigenvalue weighted by Gasteiger charge is 2.15. The van der Waals surface area contributed by atoms with E-state index in [1.165, 1.54) is 0 Å². The summed E-state index contributed by atoms with van der Waals surface area (Å²) < 4.78 is 5.24. The second-order valence-corrected chi connectivity index (χ2v) is 5.90. The van der Waals surface area contributed by atoms with Crippen molar-refractivity contribution in [1.29, 1.82) is 0 Å². The minimum absolute atomic E-state index is 0.0821. The second-order valence-electron chi connectivity index (χ2n) is 5.90. The maximum absolute atomic E-state index is 12.3. The van der Waals surface area contributed by atoms with Gasteiger partial charge in [-0.05, 0) is 18.8 Å². The normalized spacial score (nSPS) is 10.9. The minimum Gasteiger partial charge on any atom is -0.359 e. The zero-order chi connectivity index (χ0) is 15.7. The molecular formula is C16H29N3O2. The summed E-state index contributed by atoms with van der Waals surface area (Å²) in [6.07, 6.45) is 5.04. The first-order valence-corrected chi connectivity index (χ1v) is 8.08. The van der Waals surface area contributed by atoms with Gasteiger partial charge in [-0.1, -0.05) is 45.7 Å². The van der Waals surface area contributed by atoms with Gasteiger partial charge in [0.05, 0.1) is 0 Å². The SMILES string of the molecule is CCCCN(CCCC)C(=O)Nc1cc(CC(C)C)on1. The average Bonchev–Trinajstić information content (AvgIpc) is 2.85. The summed E-state index contributed by atoms with van der Waals surface area (Å²) in [5.74, 6) is 1.83. The molecule has 5 heteroatoms. The maximum atomic E-state index is 12.3. The molecule has 0 aliphatic heterocycles. The van der Waals surface area contributed by atoms with E-state index in [0.717, 1.165) is 51.0 Å². The average molecular weight is 295 g/mol. The molecule has 0 bridgehead atoms.